The molecule has 0 bridgehead atoms. The number of ether oxygens (including phenoxy) is 1. The van der Waals surface area contributed by atoms with Gasteiger partial charge in [0.25, 0.3) is 0 Å². The molecule has 0 saturated heterocycles. The number of hydrogen-bond acceptors (Lipinski definition) is 2. The van der Waals surface area contributed by atoms with E-state index in [1.165, 1.54) is 0 Å². The third-order valence-corrected chi connectivity index (χ3v) is 2.17. The summed E-state index contributed by atoms with van der Waals surface area (Å²) >= 11 is 0. The molecule has 2 nitrogen and oxygen atoms in total. The van der Waals surface area contributed by atoms with Gasteiger partial charge in [-0.05, 0) is 11.8 Å². The second-order valence-electron chi connectivity index (χ2n) is 4.47. The van der Waals surface area contributed by atoms with Crippen molar-refractivity contribution in [1.29, 1.82) is 0 Å². The predicted octanol–water partition coefficient (Wildman–Crippen LogP) is 2.63. The lowest BCUT2D eigenvalue weighted by Gasteiger charge is -2.21. The average Bonchev–Trinajstić information content (AvgIpc) is 2.35. The van der Waals surface area contributed by atoms with Gasteiger partial charge in [-0.2, -0.15) is 0 Å². The Bertz CT molecular complexity index is 179. The highest BCUT2D eigenvalue weighted by Crippen LogP contribution is 2.26. The number of rotatable bonds is 2. The molecule has 70 valence electrons. The van der Waals surface area contributed by atoms with Crippen LogP contribution in [0.15, 0.2) is 4.99 Å². The molecule has 0 N–H and O–H groups in total. The summed E-state index contributed by atoms with van der Waals surface area (Å²) in [5.74, 6) is 0.956. The smallest absolute Gasteiger partial charge is 0.183 e. The fourth-order valence-corrected chi connectivity index (χ4v) is 1.22. The van der Waals surface area contributed by atoms with Crippen molar-refractivity contribution in [3.8, 4) is 0 Å². The normalized spacial score (nSPS) is 23.7. The third kappa shape index (κ3) is 2.23. The molecule has 0 aliphatic carbocycles. The van der Waals surface area contributed by atoms with E-state index in [2.05, 4.69) is 32.7 Å². The topological polar surface area (TPSA) is 21.6 Å². The Morgan fingerprint density at radius 1 is 1.50 bits per heavy atom. The maximum Gasteiger partial charge on any atom is 0.183 e. The molecule has 0 aromatic rings. The first kappa shape index (κ1) is 9.56. The van der Waals surface area contributed by atoms with E-state index >= 15 is 0 Å². The molecule has 1 atom stereocenters. The highest BCUT2D eigenvalue weighted by atomic mass is 16.5. The van der Waals surface area contributed by atoms with E-state index in [1.54, 1.807) is 0 Å². The molecule has 12 heavy (non-hydrogen) atoms. The van der Waals surface area contributed by atoms with Gasteiger partial charge in [-0.3, -0.25) is 0 Å². The molecule has 0 saturated carbocycles. The molecule has 0 aromatic carbocycles. The molecular formula is C10H19NO. The van der Waals surface area contributed by atoms with Gasteiger partial charge in [-0.15, -0.1) is 0 Å². The van der Waals surface area contributed by atoms with E-state index in [0.717, 1.165) is 25.3 Å². The van der Waals surface area contributed by atoms with Crippen LogP contribution < -0.4 is 0 Å². The quantitative estimate of drug-likeness (QED) is 0.622. The zero-order chi connectivity index (χ0) is 9.19. The summed E-state index contributed by atoms with van der Waals surface area (Å²) in [5, 5.41) is 0. The number of aliphatic imine (C=N–C) groups is 1. The molecule has 0 unspecified atom stereocenters. The van der Waals surface area contributed by atoms with Crippen molar-refractivity contribution in [2.75, 3.05) is 6.61 Å². The van der Waals surface area contributed by atoms with E-state index < -0.39 is 0 Å². The Labute approximate surface area is 75.0 Å². The van der Waals surface area contributed by atoms with Crippen molar-refractivity contribution < 1.29 is 4.74 Å². The zero-order valence-electron chi connectivity index (χ0n) is 8.55. The summed E-state index contributed by atoms with van der Waals surface area (Å²) in [6, 6.07) is 0.360. The Kier molecular flexibility index (Phi) is 2.76. The third-order valence-electron chi connectivity index (χ3n) is 2.17. The van der Waals surface area contributed by atoms with Gasteiger partial charge in [-0.1, -0.05) is 27.7 Å². The molecule has 1 heterocycles. The fraction of sp³-hybridized carbons (Fsp3) is 0.900. The maximum absolute atomic E-state index is 5.48. The van der Waals surface area contributed by atoms with Crippen LogP contribution in [0.2, 0.25) is 0 Å². The molecule has 1 aliphatic rings. The SMILES string of the molecule is CCCC1=N[C@@H](C(C)(C)C)CO1. The number of hydrogen-bond donors (Lipinski definition) is 0. The molecule has 0 amide bonds. The van der Waals surface area contributed by atoms with Crippen LogP contribution in [0.5, 0.6) is 0 Å². The molecule has 0 radical (unpaired) electrons. The van der Waals surface area contributed by atoms with E-state index in [0.29, 0.717) is 6.04 Å². The molecular weight excluding hydrogens is 150 g/mol. The van der Waals surface area contributed by atoms with Gasteiger partial charge in [0.2, 0.25) is 0 Å². The second kappa shape index (κ2) is 3.46. The molecule has 1 aliphatic heterocycles. The van der Waals surface area contributed by atoms with Crippen LogP contribution >= 0.6 is 0 Å². The van der Waals surface area contributed by atoms with Crippen molar-refractivity contribution in [2.45, 2.75) is 46.6 Å². The van der Waals surface area contributed by atoms with E-state index in [-0.39, 0.29) is 5.41 Å². The number of nitrogens with zero attached hydrogens (tertiary/aromatic N) is 1. The van der Waals surface area contributed by atoms with Gasteiger partial charge >= 0.3 is 0 Å². The molecule has 1 rings (SSSR count). The largest absolute Gasteiger partial charge is 0.479 e. The first-order valence-electron chi connectivity index (χ1n) is 4.73. The van der Waals surface area contributed by atoms with Crippen LogP contribution in [0.3, 0.4) is 0 Å². The average molecular weight is 169 g/mol. The van der Waals surface area contributed by atoms with Crippen LogP contribution in [-0.4, -0.2) is 18.5 Å². The van der Waals surface area contributed by atoms with Crippen LogP contribution in [0.4, 0.5) is 0 Å². The minimum Gasteiger partial charge on any atom is -0.479 e. The maximum atomic E-state index is 5.48. The molecule has 0 fully saturated rings. The molecule has 0 spiro atoms. The Morgan fingerprint density at radius 2 is 2.17 bits per heavy atom. The van der Waals surface area contributed by atoms with Gasteiger partial charge < -0.3 is 4.74 Å². The van der Waals surface area contributed by atoms with Crippen molar-refractivity contribution in [3.05, 3.63) is 0 Å². The highest BCUT2D eigenvalue weighted by molar-refractivity contribution is 5.77. The van der Waals surface area contributed by atoms with Crippen LogP contribution in [-0.2, 0) is 4.74 Å². The standard InChI is InChI=1S/C10H19NO/c1-5-6-9-11-8(7-12-9)10(2,3)4/h8H,5-7H2,1-4H3/t8-/m1/s1. The zero-order valence-corrected chi connectivity index (χ0v) is 8.55. The summed E-state index contributed by atoms with van der Waals surface area (Å²) in [7, 11) is 0. The highest BCUT2D eigenvalue weighted by Gasteiger charge is 2.29. The summed E-state index contributed by atoms with van der Waals surface area (Å²) in [6.45, 7) is 9.55. The van der Waals surface area contributed by atoms with Crippen LogP contribution in [0.25, 0.3) is 0 Å². The fourth-order valence-electron chi connectivity index (χ4n) is 1.22. The van der Waals surface area contributed by atoms with E-state index in [4.69, 9.17) is 4.74 Å². The Balaban J connectivity index is 2.53. The van der Waals surface area contributed by atoms with Gasteiger partial charge in [0, 0.05) is 6.42 Å². The summed E-state index contributed by atoms with van der Waals surface area (Å²) in [6.07, 6.45) is 2.11. The lowest BCUT2D eigenvalue weighted by molar-refractivity contribution is 0.233. The van der Waals surface area contributed by atoms with Crippen molar-refractivity contribution in [2.24, 2.45) is 10.4 Å². The van der Waals surface area contributed by atoms with Gasteiger partial charge in [0.1, 0.15) is 6.61 Å². The minimum atomic E-state index is 0.246. The van der Waals surface area contributed by atoms with Crippen molar-refractivity contribution in [1.82, 2.24) is 0 Å². The Morgan fingerprint density at radius 3 is 2.58 bits per heavy atom. The summed E-state index contributed by atoms with van der Waals surface area (Å²) < 4.78 is 5.48. The van der Waals surface area contributed by atoms with Crippen molar-refractivity contribution >= 4 is 5.90 Å². The van der Waals surface area contributed by atoms with Gasteiger partial charge in [0.05, 0.1) is 6.04 Å². The monoisotopic (exact) mass is 169 g/mol. The van der Waals surface area contributed by atoms with Gasteiger partial charge in [0.15, 0.2) is 5.90 Å². The van der Waals surface area contributed by atoms with E-state index in [1.807, 2.05) is 0 Å². The van der Waals surface area contributed by atoms with E-state index in [9.17, 15) is 0 Å². The van der Waals surface area contributed by atoms with Crippen molar-refractivity contribution in [3.63, 3.8) is 0 Å². The van der Waals surface area contributed by atoms with Gasteiger partial charge in [-0.25, -0.2) is 4.99 Å². The molecule has 2 heteroatoms. The lowest BCUT2D eigenvalue weighted by atomic mass is 9.88. The summed E-state index contributed by atoms with van der Waals surface area (Å²) in [5.41, 5.74) is 0.246. The second-order valence-corrected chi connectivity index (χ2v) is 4.47. The summed E-state index contributed by atoms with van der Waals surface area (Å²) in [4.78, 5) is 4.54. The Hall–Kier alpha value is -0.530. The van der Waals surface area contributed by atoms with Crippen LogP contribution in [0.1, 0.15) is 40.5 Å². The lowest BCUT2D eigenvalue weighted by Crippen LogP contribution is -2.25. The minimum absolute atomic E-state index is 0.246. The van der Waals surface area contributed by atoms with Crippen LogP contribution in [0, 0.1) is 5.41 Å². The predicted molar refractivity (Wildman–Crippen MR) is 51.5 cm³/mol. The first-order valence-corrected chi connectivity index (χ1v) is 4.73. The molecule has 0 aromatic heterocycles. The first-order chi connectivity index (χ1) is 5.54.